The van der Waals surface area contributed by atoms with E-state index in [0.29, 0.717) is 0 Å². The Morgan fingerprint density at radius 1 is 0.250 bits per heavy atom. The van der Waals surface area contributed by atoms with Crippen molar-refractivity contribution >= 4 is 161 Å². The van der Waals surface area contributed by atoms with Gasteiger partial charge in [0, 0.05) is 213 Å². The van der Waals surface area contributed by atoms with E-state index in [1.165, 1.54) is 49.7 Å². The Morgan fingerprint density at radius 2 is 0.679 bits per heavy atom. The molecule has 0 aliphatic heterocycles. The summed E-state index contributed by atoms with van der Waals surface area (Å²) >= 11 is 5.34. The van der Waals surface area contributed by atoms with Gasteiger partial charge in [0.1, 0.15) is 27.8 Å². The number of aryl methyl sites for hydroxylation is 6. The molecule has 18 aromatic rings. The Labute approximate surface area is 490 Å². The predicted octanol–water partition coefficient (Wildman–Crippen LogP) is 17.5. The quantitative estimate of drug-likeness (QED) is 0.139. The lowest BCUT2D eigenvalue weighted by atomic mass is 10.2. The molecule has 0 saturated heterocycles. The molecule has 18 heteroatoms. The molecule has 0 atom stereocenters. The summed E-state index contributed by atoms with van der Waals surface area (Å²) in [7, 11) is 0. The number of fused-ring (bicyclic) bond motifs is 18. The highest BCUT2D eigenvalue weighted by Crippen LogP contribution is 2.35. The van der Waals surface area contributed by atoms with Crippen LogP contribution in [0.3, 0.4) is 0 Å². The minimum absolute atomic E-state index is 0.815. The topological polar surface area (TPSA) is 194 Å². The number of furan rings is 3. The highest BCUT2D eigenvalue weighted by atomic mass is 32.1. The molecule has 0 N–H and O–H groups in total. The summed E-state index contributed by atoms with van der Waals surface area (Å²) in [5.74, 6) is 0. The van der Waals surface area contributed by atoms with E-state index >= 15 is 0 Å². The molecule has 0 unspecified atom stereocenters. The Kier molecular flexibility index (Phi) is 14.6. The van der Waals surface area contributed by atoms with Gasteiger partial charge in [0.2, 0.25) is 0 Å². The van der Waals surface area contributed by atoms with E-state index in [-0.39, 0.29) is 0 Å². The zero-order chi connectivity index (χ0) is 57.3. The van der Waals surface area contributed by atoms with E-state index in [1.807, 2.05) is 164 Å². The van der Waals surface area contributed by atoms with Gasteiger partial charge in [-0.2, -0.15) is 0 Å². The molecule has 0 radical (unpaired) electrons. The smallest absolute Gasteiger partial charge is 0.153 e. The van der Waals surface area contributed by atoms with Crippen molar-refractivity contribution in [2.45, 2.75) is 41.5 Å². The van der Waals surface area contributed by atoms with Crippen molar-refractivity contribution in [1.29, 1.82) is 0 Å². The lowest BCUT2D eigenvalue weighted by Crippen LogP contribution is -1.78. The summed E-state index contributed by atoms with van der Waals surface area (Å²) in [4.78, 5) is 50.6. The van der Waals surface area contributed by atoms with E-state index in [9.17, 15) is 0 Å². The van der Waals surface area contributed by atoms with Crippen molar-refractivity contribution in [3.63, 3.8) is 0 Å². The van der Waals surface area contributed by atoms with Crippen LogP contribution in [-0.2, 0) is 0 Å². The summed E-state index contributed by atoms with van der Waals surface area (Å²) in [6.07, 6.45) is 29.4. The Bertz CT molecular complexity index is 4550. The van der Waals surface area contributed by atoms with Crippen LogP contribution in [0.5, 0.6) is 0 Å². The zero-order valence-electron chi connectivity index (χ0n) is 46.1. The maximum absolute atomic E-state index is 5.65. The van der Waals surface area contributed by atoms with Crippen LogP contribution in [-0.4, -0.2) is 59.8 Å². The average molecular weight is 1150 g/mol. The lowest BCUT2D eigenvalue weighted by molar-refractivity contribution is 0.665. The standard InChI is InChI=1S/3C11H8N2O.3C11H8N2S/c1-7-4-11-9(6-13-7)8-5-12-3-2-10(8)14-11;1-7-4-10-9(5-13-7)8-2-3-12-6-11(8)14-10;1-7-5-10-8(6-13-7)11-9(14-10)3-2-4-12-11;1-7-4-11-9(6-13-7)8-5-12-3-2-10(8)14-11;1-7-4-10-9(5-13-7)8-2-3-12-6-11(8)14-10;1-7-5-10-8(6-13-7)11-9(14-10)3-2-4-12-11/h6*2-6H,1H3. The molecule has 0 aliphatic carbocycles. The van der Waals surface area contributed by atoms with Gasteiger partial charge in [-0.25, -0.2) is 0 Å². The molecule has 0 bridgehead atoms. The number of aromatic nitrogens is 12. The van der Waals surface area contributed by atoms with Gasteiger partial charge in [0.15, 0.2) is 11.2 Å². The summed E-state index contributed by atoms with van der Waals surface area (Å²) in [6, 6.07) is 27.9. The van der Waals surface area contributed by atoms with Gasteiger partial charge in [-0.1, -0.05) is 0 Å². The first-order valence-electron chi connectivity index (χ1n) is 26.6. The molecule has 84 heavy (non-hydrogen) atoms. The summed E-state index contributed by atoms with van der Waals surface area (Å²) in [5.41, 5.74) is 13.1. The number of thiophene rings is 3. The fourth-order valence-corrected chi connectivity index (χ4v) is 13.1. The number of hydrogen-bond acceptors (Lipinski definition) is 18. The second-order valence-corrected chi connectivity index (χ2v) is 23.0. The van der Waals surface area contributed by atoms with Crippen molar-refractivity contribution in [1.82, 2.24) is 59.8 Å². The maximum atomic E-state index is 5.65. The highest BCUT2D eigenvalue weighted by Gasteiger charge is 2.11. The SMILES string of the molecule is Cc1cc2oc3cccnc3c2cn1.Cc1cc2oc3ccncc3c2cn1.Cc1cc2oc3cnccc3c2cn1.Cc1cc2sc3cccnc3c2cn1.Cc1cc2sc3ccncc3c2cn1.Cc1cc2sc3cnccc3c2cn1. The number of pyridine rings is 12. The van der Waals surface area contributed by atoms with Crippen molar-refractivity contribution in [2.75, 3.05) is 0 Å². The molecule has 0 saturated carbocycles. The summed E-state index contributed by atoms with van der Waals surface area (Å²) in [5, 5.41) is 11.2. The third kappa shape index (κ3) is 10.9. The molecular weight excluding hydrogens is 1110 g/mol. The number of rotatable bonds is 0. The molecule has 0 fully saturated rings. The van der Waals surface area contributed by atoms with Gasteiger partial charge in [-0.3, -0.25) is 59.8 Å². The third-order valence-corrected chi connectivity index (χ3v) is 17.0. The fourth-order valence-electron chi connectivity index (χ4n) is 9.65. The monoisotopic (exact) mass is 1150 g/mol. The van der Waals surface area contributed by atoms with Gasteiger partial charge >= 0.3 is 0 Å². The van der Waals surface area contributed by atoms with Gasteiger partial charge in [0.05, 0.1) is 26.5 Å². The fraction of sp³-hybridized carbons (Fsp3) is 0.0909. The Hall–Kier alpha value is -10.1. The summed E-state index contributed by atoms with van der Waals surface area (Å²) < 4.78 is 24.5. The van der Waals surface area contributed by atoms with E-state index < -0.39 is 0 Å². The second-order valence-electron chi connectivity index (χ2n) is 19.7. The van der Waals surface area contributed by atoms with Gasteiger partial charge in [0.25, 0.3) is 0 Å². The molecule has 18 heterocycles. The van der Waals surface area contributed by atoms with Crippen LogP contribution in [0.15, 0.2) is 197 Å². The molecule has 15 nitrogen and oxygen atoms in total. The molecule has 0 aliphatic rings. The van der Waals surface area contributed by atoms with Crippen molar-refractivity contribution in [3.8, 4) is 0 Å². The molecule has 408 valence electrons. The third-order valence-electron chi connectivity index (χ3n) is 13.7. The molecule has 18 aromatic heterocycles. The van der Waals surface area contributed by atoms with Crippen LogP contribution >= 0.6 is 34.0 Å². The molecule has 0 amide bonds. The Morgan fingerprint density at radius 3 is 1.37 bits per heavy atom. The lowest BCUT2D eigenvalue weighted by Gasteiger charge is -1.91. The van der Waals surface area contributed by atoms with Crippen LogP contribution < -0.4 is 0 Å². The van der Waals surface area contributed by atoms with Crippen LogP contribution in [0, 0.1) is 41.5 Å². The largest absolute Gasteiger partial charge is 0.456 e. The van der Waals surface area contributed by atoms with Crippen LogP contribution in [0.4, 0.5) is 0 Å². The highest BCUT2D eigenvalue weighted by molar-refractivity contribution is 7.26. The van der Waals surface area contributed by atoms with Crippen LogP contribution in [0.25, 0.3) is 127 Å². The number of hydrogen-bond donors (Lipinski definition) is 0. The molecule has 0 spiro atoms. The Balaban J connectivity index is 0.0000000940. The molecular formula is C66H48N12O3S3. The zero-order valence-corrected chi connectivity index (χ0v) is 48.6. The minimum Gasteiger partial charge on any atom is -0.456 e. The van der Waals surface area contributed by atoms with Gasteiger partial charge in [-0.05, 0) is 108 Å². The van der Waals surface area contributed by atoms with Gasteiger partial charge < -0.3 is 13.3 Å². The second kappa shape index (κ2) is 23.0. The first-order valence-corrected chi connectivity index (χ1v) is 29.1. The maximum Gasteiger partial charge on any atom is 0.153 e. The molecule has 0 aromatic carbocycles. The van der Waals surface area contributed by atoms with Crippen LogP contribution in [0.2, 0.25) is 0 Å². The normalized spacial score (nSPS) is 11.2. The summed E-state index contributed by atoms with van der Waals surface area (Å²) in [6.45, 7) is 11.9. The molecule has 18 rings (SSSR count). The first kappa shape index (κ1) is 53.2. The van der Waals surface area contributed by atoms with Crippen LogP contribution in [0.1, 0.15) is 34.2 Å². The van der Waals surface area contributed by atoms with E-state index in [4.69, 9.17) is 13.3 Å². The van der Waals surface area contributed by atoms with Crippen molar-refractivity contribution in [3.05, 3.63) is 218 Å². The van der Waals surface area contributed by atoms with E-state index in [0.717, 1.165) is 111 Å². The van der Waals surface area contributed by atoms with Crippen molar-refractivity contribution in [2.24, 2.45) is 0 Å². The van der Waals surface area contributed by atoms with Crippen molar-refractivity contribution < 1.29 is 13.3 Å². The first-order chi connectivity index (χ1) is 41.1. The average Bonchev–Trinajstić information content (AvgIpc) is 4.45. The number of nitrogens with zero attached hydrogens (tertiary/aromatic N) is 12. The minimum atomic E-state index is 0.815. The van der Waals surface area contributed by atoms with Gasteiger partial charge in [-0.15, -0.1) is 34.0 Å². The van der Waals surface area contributed by atoms with E-state index in [1.54, 1.807) is 65.0 Å². The predicted molar refractivity (Wildman–Crippen MR) is 341 cm³/mol. The van der Waals surface area contributed by atoms with E-state index in [2.05, 4.69) is 90.1 Å².